The molecule has 10 aromatic rings. The summed E-state index contributed by atoms with van der Waals surface area (Å²) in [4.78, 5) is 11.8. The Morgan fingerprint density at radius 3 is 1.58 bits per heavy atom. The van der Waals surface area contributed by atoms with Gasteiger partial charge in [-0.15, -0.1) is 53.4 Å². The van der Waals surface area contributed by atoms with Crippen LogP contribution in [0, 0.1) is 18.8 Å². The number of pyridine rings is 1. The van der Waals surface area contributed by atoms with Gasteiger partial charge in [-0.05, 0) is 129 Å². The van der Waals surface area contributed by atoms with E-state index < -0.39 is 26.2 Å². The number of rotatable bonds is 8. The number of para-hydroxylation sites is 4. The number of aromatic nitrogens is 1. The third kappa shape index (κ3) is 10.9. The fraction of sp³-hybridized carbons (Fsp3) is 0.277. The van der Waals surface area contributed by atoms with Crippen LogP contribution in [0.2, 0.25) is 0 Å². The Morgan fingerprint density at radius 2 is 1.00 bits per heavy atom. The first kappa shape index (κ1) is 56.2. The van der Waals surface area contributed by atoms with Gasteiger partial charge in [-0.1, -0.05) is 257 Å². The normalized spacial score (nSPS) is 15.0. The van der Waals surface area contributed by atoms with E-state index >= 15 is 0 Å². The van der Waals surface area contributed by atoms with Crippen molar-refractivity contribution >= 4 is 68.8 Å². The number of fused-ring (bicyclic) bond motifs is 10. The Hall–Kier alpha value is -7.76. The van der Waals surface area contributed by atoms with E-state index in [1.54, 1.807) is 0 Å². The summed E-state index contributed by atoms with van der Waals surface area (Å²) in [5.74, 6) is 1.93. The Bertz CT molecular complexity index is 4610. The Labute approximate surface area is 559 Å². The molecule has 90 heavy (non-hydrogen) atoms. The van der Waals surface area contributed by atoms with Crippen molar-refractivity contribution in [3.63, 3.8) is 0 Å². The van der Waals surface area contributed by atoms with E-state index in [0.29, 0.717) is 22.7 Å². The van der Waals surface area contributed by atoms with E-state index in [1.807, 2.05) is 30.5 Å². The fourth-order valence-electron chi connectivity index (χ4n) is 13.3. The maximum absolute atomic E-state index is 9.43. The molecule has 0 aliphatic carbocycles. The number of anilines is 7. The van der Waals surface area contributed by atoms with Crippen molar-refractivity contribution in [2.24, 2.45) is 0 Å². The first-order valence-electron chi connectivity index (χ1n) is 34.0. The second-order valence-corrected chi connectivity index (χ2v) is 33.8. The molecule has 0 fully saturated rings. The standard InChI is InChI=1S/C83H85N4OSi.Pt/c1-53(2)55-44-62(85-52-86(70-31-22-21-30-69(70)85)78-65(54-26-19-18-20-27-54)28-25-29-66(78)56-42-60(82(12,13)14)46-61(43-56)83(15,16)17)50-64(45-55)88-63-36-39-76-72(51-63)87(77-49-59(40-41-84-77)81(9,10)11)71-32-23-24-33-75(71)89(76)73-37-34-57(79(3,4)5)47-67(73)68-48-58(80(6,7)8)35-38-74(68)89;/h18-49,52-53H,1-17H3;/q-3;/i18D,19D,20D,26D,27D;. The average Bonchev–Trinajstić information content (AvgIpc) is 1.56. The molecule has 0 bridgehead atoms. The van der Waals surface area contributed by atoms with Crippen molar-refractivity contribution in [3.8, 4) is 44.9 Å². The first-order valence-corrected chi connectivity index (χ1v) is 33.5. The third-order valence-corrected chi connectivity index (χ3v) is 23.4. The third-order valence-electron chi connectivity index (χ3n) is 18.4. The average molecular weight is 1380 g/mol. The smallest absolute Gasteiger partial charge is 0.135 e. The van der Waals surface area contributed by atoms with Crippen LogP contribution in [0.4, 0.5) is 39.9 Å². The van der Waals surface area contributed by atoms with Gasteiger partial charge in [-0.25, -0.2) is 4.98 Å². The molecule has 13 rings (SSSR count). The predicted octanol–water partition coefficient (Wildman–Crippen LogP) is 20.0. The molecule has 0 radical (unpaired) electrons. The fourth-order valence-corrected chi connectivity index (χ4v) is 18.7. The number of ether oxygens (including phenoxy) is 1. The number of benzene rings is 9. The van der Waals surface area contributed by atoms with Crippen molar-refractivity contribution in [1.82, 2.24) is 4.98 Å². The molecule has 460 valence electrons. The molecule has 9 aromatic carbocycles. The van der Waals surface area contributed by atoms with Gasteiger partial charge >= 0.3 is 0 Å². The van der Waals surface area contributed by atoms with Gasteiger partial charge in [-0.3, -0.25) is 0 Å². The summed E-state index contributed by atoms with van der Waals surface area (Å²) in [6, 6.07) is 63.5. The van der Waals surface area contributed by atoms with Crippen LogP contribution in [0.25, 0.3) is 33.4 Å². The second-order valence-electron chi connectivity index (χ2n) is 30.1. The van der Waals surface area contributed by atoms with Gasteiger partial charge in [0.05, 0.1) is 6.85 Å². The van der Waals surface area contributed by atoms with Crippen molar-refractivity contribution in [2.75, 3.05) is 14.7 Å². The molecule has 0 amide bonds. The SMILES string of the molecule is [2H]c1c([2H])c([2H])c(-c2cccc(-c3cc(C(C)(C)C)cc(C(C)(C)C)c3)c2N2[CH-]N(c3[c-]c(Oc4[c-]c5c(cc4)[Si]4(c6ccc(C(C)(C)C)cc6-c6cc(C(C)(C)C)ccc64)c4ccccc4N5c4cc(C(C)(C)C)ccn4)cc(C(C)C)c3)c3ccccc32)c([2H])c1[2H].[Pt]. The molecule has 0 saturated carbocycles. The molecule has 7 heteroatoms. The van der Waals surface area contributed by atoms with Crippen LogP contribution in [0.5, 0.6) is 11.5 Å². The molecule has 1 aromatic heterocycles. The zero-order valence-electron chi connectivity index (χ0n) is 60.3. The van der Waals surface area contributed by atoms with Gasteiger partial charge in [0.25, 0.3) is 0 Å². The van der Waals surface area contributed by atoms with E-state index in [4.69, 9.17) is 13.8 Å². The largest absolute Gasteiger partial charge is 0.509 e. The summed E-state index contributed by atoms with van der Waals surface area (Å²) in [5.41, 5.74) is 16.5. The Morgan fingerprint density at radius 1 is 0.467 bits per heavy atom. The molecular weight excluding hydrogens is 1290 g/mol. The monoisotopic (exact) mass is 1380 g/mol. The van der Waals surface area contributed by atoms with Crippen LogP contribution in [0.15, 0.2) is 194 Å². The van der Waals surface area contributed by atoms with Gasteiger partial charge in [0.2, 0.25) is 0 Å². The predicted molar refractivity (Wildman–Crippen MR) is 379 cm³/mol. The van der Waals surface area contributed by atoms with Gasteiger partial charge in [0, 0.05) is 72.6 Å². The van der Waals surface area contributed by atoms with Crippen molar-refractivity contribution in [1.29, 1.82) is 0 Å². The maximum Gasteiger partial charge on any atom is 0.135 e. The zero-order valence-corrected chi connectivity index (χ0v) is 58.5. The van der Waals surface area contributed by atoms with E-state index in [0.717, 1.165) is 62.1 Å². The summed E-state index contributed by atoms with van der Waals surface area (Å²) < 4.78 is 52.6. The number of hydrogen-bond donors (Lipinski definition) is 0. The van der Waals surface area contributed by atoms with Crippen LogP contribution >= 0.6 is 0 Å². The molecule has 0 saturated heterocycles. The molecule has 0 N–H and O–H groups in total. The zero-order chi connectivity index (χ0) is 67.3. The number of hydrogen-bond acceptors (Lipinski definition) is 5. The van der Waals surface area contributed by atoms with Crippen LogP contribution in [0.3, 0.4) is 0 Å². The summed E-state index contributed by atoms with van der Waals surface area (Å²) >= 11 is 0. The minimum Gasteiger partial charge on any atom is -0.509 e. The van der Waals surface area contributed by atoms with Gasteiger partial charge in [0.1, 0.15) is 13.9 Å². The van der Waals surface area contributed by atoms with Crippen LogP contribution in [-0.2, 0) is 48.1 Å². The maximum atomic E-state index is 9.43. The van der Waals surface area contributed by atoms with E-state index in [1.165, 1.54) is 48.6 Å². The summed E-state index contributed by atoms with van der Waals surface area (Å²) in [6.45, 7) is 40.3. The van der Waals surface area contributed by atoms with Crippen molar-refractivity contribution < 1.29 is 32.7 Å². The number of nitrogens with zero attached hydrogens (tertiary/aromatic N) is 4. The van der Waals surface area contributed by atoms with E-state index in [-0.39, 0.29) is 71.7 Å². The molecule has 0 atom stereocenters. The minimum atomic E-state index is -3.14. The summed E-state index contributed by atoms with van der Waals surface area (Å²) in [7, 11) is -3.14. The van der Waals surface area contributed by atoms with E-state index in [2.05, 4.69) is 285 Å². The van der Waals surface area contributed by atoms with Crippen LogP contribution < -0.4 is 40.2 Å². The molecule has 1 spiro atoms. The molecule has 4 heterocycles. The summed E-state index contributed by atoms with van der Waals surface area (Å²) in [6.07, 6.45) is 1.94. The Balaban J connectivity index is 0.00000864. The summed E-state index contributed by atoms with van der Waals surface area (Å²) in [5, 5.41) is 5.24. The first-order chi connectivity index (χ1) is 44.2. The van der Waals surface area contributed by atoms with Crippen LogP contribution in [0.1, 0.15) is 164 Å². The Kier molecular flexibility index (Phi) is 14.1. The van der Waals surface area contributed by atoms with Crippen molar-refractivity contribution in [3.05, 3.63) is 246 Å². The van der Waals surface area contributed by atoms with Gasteiger partial charge < -0.3 is 19.4 Å². The second kappa shape index (κ2) is 22.6. The quantitative estimate of drug-likeness (QED) is 0.112. The molecule has 5 nitrogen and oxygen atoms in total. The molecular formula is C83H85N4OPtSi-3. The van der Waals surface area contributed by atoms with Gasteiger partial charge in [0.15, 0.2) is 0 Å². The minimum absolute atomic E-state index is 0. The molecule has 3 aliphatic heterocycles. The van der Waals surface area contributed by atoms with E-state index in [9.17, 15) is 2.74 Å². The van der Waals surface area contributed by atoms with Crippen molar-refractivity contribution in [2.45, 2.75) is 151 Å². The van der Waals surface area contributed by atoms with Crippen LogP contribution in [-0.4, -0.2) is 13.1 Å². The molecule has 0 unspecified atom stereocenters. The topological polar surface area (TPSA) is 31.8 Å². The molecule has 3 aliphatic rings. The van der Waals surface area contributed by atoms with Gasteiger partial charge in [-0.2, -0.15) is 6.07 Å².